The predicted octanol–water partition coefficient (Wildman–Crippen LogP) is 5.33. The van der Waals surface area contributed by atoms with Gasteiger partial charge in [0.1, 0.15) is 5.70 Å². The molecule has 1 unspecified atom stereocenters. The van der Waals surface area contributed by atoms with Gasteiger partial charge >= 0.3 is 5.97 Å². The molecule has 5 rings (SSSR count). The topological polar surface area (TPSA) is 150 Å². The number of ether oxygens (including phenoxy) is 4. The lowest BCUT2D eigenvalue weighted by molar-refractivity contribution is -0.121. The molecule has 0 radical (unpaired) electrons. The lowest BCUT2D eigenvalue weighted by atomic mass is 10.1. The second-order valence-electron chi connectivity index (χ2n) is 10.7. The lowest BCUT2D eigenvalue weighted by Crippen LogP contribution is -2.31. The van der Waals surface area contributed by atoms with E-state index in [0.717, 1.165) is 4.90 Å². The highest BCUT2D eigenvalue weighted by molar-refractivity contribution is 8.00. The molecular weight excluding hydrogens is 662 g/mol. The Morgan fingerprint density at radius 2 is 1.44 bits per heavy atom. The number of rotatable bonds is 12. The Balaban J connectivity index is 1.32. The monoisotopic (exact) mass is 695 g/mol. The van der Waals surface area contributed by atoms with Crippen LogP contribution in [0.25, 0.3) is 6.08 Å². The van der Waals surface area contributed by atoms with E-state index in [2.05, 4.69) is 10.6 Å². The number of methoxy groups -OCH3 is 4. The number of hydrogen-bond donors (Lipinski definition) is 2. The first-order chi connectivity index (χ1) is 24.1. The number of anilines is 2. The fraction of sp³-hybridized carbons (Fsp3) is 0.162. The number of hydrogen-bond acceptors (Lipinski definition) is 10. The summed E-state index contributed by atoms with van der Waals surface area (Å²) in [6.45, 7) is 0. The van der Waals surface area contributed by atoms with Crippen molar-refractivity contribution in [3.8, 4) is 17.2 Å². The molecule has 256 valence electrons. The molecule has 1 aliphatic rings. The summed E-state index contributed by atoms with van der Waals surface area (Å²) in [7, 11) is 5.69. The number of nitrogens with one attached hydrogen (secondary N) is 2. The number of carbonyl (C=O) groups excluding carboxylic acids is 5. The molecule has 1 fully saturated rings. The third-order valence-electron chi connectivity index (χ3n) is 7.57. The molecule has 0 bridgehead atoms. The van der Waals surface area contributed by atoms with E-state index in [1.54, 1.807) is 66.7 Å². The van der Waals surface area contributed by atoms with Gasteiger partial charge in [0.25, 0.3) is 11.8 Å². The summed E-state index contributed by atoms with van der Waals surface area (Å²) in [6.07, 6.45) is 1.49. The van der Waals surface area contributed by atoms with Crippen molar-refractivity contribution >= 4 is 58.8 Å². The summed E-state index contributed by atoms with van der Waals surface area (Å²) < 4.78 is 21.0. The maximum atomic E-state index is 13.6. The van der Waals surface area contributed by atoms with E-state index in [-0.39, 0.29) is 23.9 Å². The average Bonchev–Trinajstić information content (AvgIpc) is 3.42. The van der Waals surface area contributed by atoms with Crippen LogP contribution in [0.5, 0.6) is 17.2 Å². The molecule has 12 nitrogen and oxygen atoms in total. The highest BCUT2D eigenvalue weighted by Crippen LogP contribution is 2.39. The van der Waals surface area contributed by atoms with Crippen LogP contribution in [0.4, 0.5) is 11.4 Å². The fourth-order valence-corrected chi connectivity index (χ4v) is 6.16. The van der Waals surface area contributed by atoms with E-state index >= 15 is 0 Å². The maximum Gasteiger partial charge on any atom is 0.337 e. The molecule has 4 amide bonds. The van der Waals surface area contributed by atoms with Crippen molar-refractivity contribution in [1.29, 1.82) is 0 Å². The second kappa shape index (κ2) is 15.9. The minimum absolute atomic E-state index is 0.00304. The third kappa shape index (κ3) is 7.96. The van der Waals surface area contributed by atoms with Crippen molar-refractivity contribution in [3.05, 3.63) is 113 Å². The van der Waals surface area contributed by atoms with Crippen molar-refractivity contribution < 1.29 is 42.9 Å². The van der Waals surface area contributed by atoms with Gasteiger partial charge in [-0.1, -0.05) is 18.2 Å². The minimum Gasteiger partial charge on any atom is -0.493 e. The van der Waals surface area contributed by atoms with Crippen molar-refractivity contribution in [3.63, 3.8) is 0 Å². The average molecular weight is 696 g/mol. The largest absolute Gasteiger partial charge is 0.493 e. The summed E-state index contributed by atoms with van der Waals surface area (Å²) in [5.74, 6) is -1.25. The number of amides is 4. The molecule has 1 saturated heterocycles. The molecule has 13 heteroatoms. The number of esters is 1. The van der Waals surface area contributed by atoms with Crippen molar-refractivity contribution in [2.24, 2.45) is 0 Å². The second-order valence-corrected chi connectivity index (χ2v) is 12.0. The number of nitrogens with zero attached hydrogens (tertiary/aromatic N) is 1. The van der Waals surface area contributed by atoms with Crippen molar-refractivity contribution in [2.45, 2.75) is 16.6 Å². The van der Waals surface area contributed by atoms with Gasteiger partial charge in [-0.25, -0.2) is 9.69 Å². The summed E-state index contributed by atoms with van der Waals surface area (Å²) in [5, 5.41) is 4.84. The predicted molar refractivity (Wildman–Crippen MR) is 188 cm³/mol. The molecule has 0 saturated carbocycles. The van der Waals surface area contributed by atoms with Gasteiger partial charge in [-0.2, -0.15) is 0 Å². The van der Waals surface area contributed by atoms with E-state index < -0.39 is 23.0 Å². The first-order valence-corrected chi connectivity index (χ1v) is 16.0. The van der Waals surface area contributed by atoms with Gasteiger partial charge in [-0.15, -0.1) is 11.8 Å². The van der Waals surface area contributed by atoms with Crippen LogP contribution in [0.1, 0.15) is 32.7 Å². The van der Waals surface area contributed by atoms with Gasteiger partial charge in [-0.3, -0.25) is 19.2 Å². The third-order valence-corrected chi connectivity index (χ3v) is 8.77. The Kier molecular flexibility index (Phi) is 11.2. The minimum atomic E-state index is -0.663. The quantitative estimate of drug-likeness (QED) is 0.113. The first kappa shape index (κ1) is 35.2. The van der Waals surface area contributed by atoms with E-state index in [1.807, 2.05) is 0 Å². The van der Waals surface area contributed by atoms with E-state index in [1.165, 1.54) is 70.5 Å². The van der Waals surface area contributed by atoms with Gasteiger partial charge in [0.2, 0.25) is 17.6 Å². The van der Waals surface area contributed by atoms with Crippen LogP contribution in [0.2, 0.25) is 0 Å². The molecule has 0 aliphatic carbocycles. The molecule has 1 atom stereocenters. The highest BCUT2D eigenvalue weighted by atomic mass is 32.2. The summed E-state index contributed by atoms with van der Waals surface area (Å²) in [6, 6.07) is 24.5. The molecule has 4 aromatic carbocycles. The van der Waals surface area contributed by atoms with Crippen LogP contribution in [0, 0.1) is 0 Å². The Morgan fingerprint density at radius 1 is 0.800 bits per heavy atom. The Morgan fingerprint density at radius 3 is 2.02 bits per heavy atom. The molecule has 50 heavy (non-hydrogen) atoms. The van der Waals surface area contributed by atoms with Gasteiger partial charge in [0.15, 0.2) is 11.5 Å². The molecule has 0 spiro atoms. The zero-order valence-corrected chi connectivity index (χ0v) is 28.4. The molecule has 1 aliphatic heterocycles. The maximum absolute atomic E-state index is 13.6. The van der Waals surface area contributed by atoms with Gasteiger partial charge in [0, 0.05) is 22.6 Å². The standard InChI is InChI=1S/C37H33N3O9S/c1-46-29-19-22(20-30(47-2)33(29)48-3)18-28(39-34(42)23-8-6-5-7-9-23)35(43)38-25-12-16-27(17-13-25)50-31-21-32(41)40(36(31)44)26-14-10-24(11-15-26)37(45)49-4/h5-20,31H,21H2,1-4H3,(H,38,43)(H,39,42)/b28-18-. The van der Waals surface area contributed by atoms with Crippen LogP contribution in [0.15, 0.2) is 102 Å². The molecule has 2 N–H and O–H groups in total. The van der Waals surface area contributed by atoms with E-state index in [0.29, 0.717) is 50.2 Å². The lowest BCUT2D eigenvalue weighted by Gasteiger charge is -2.15. The van der Waals surface area contributed by atoms with E-state index in [4.69, 9.17) is 18.9 Å². The number of carbonyl (C=O) groups is 5. The van der Waals surface area contributed by atoms with Crippen molar-refractivity contribution in [2.75, 3.05) is 38.7 Å². The van der Waals surface area contributed by atoms with Crippen LogP contribution in [-0.4, -0.2) is 63.3 Å². The first-order valence-electron chi connectivity index (χ1n) is 15.2. The molecule has 4 aromatic rings. The number of benzene rings is 4. The Bertz CT molecular complexity index is 1920. The summed E-state index contributed by atoms with van der Waals surface area (Å²) >= 11 is 1.22. The van der Waals surface area contributed by atoms with Gasteiger partial charge in [-0.05, 0) is 84.4 Å². The van der Waals surface area contributed by atoms with Gasteiger partial charge in [0.05, 0.1) is 44.9 Å². The summed E-state index contributed by atoms with van der Waals surface area (Å²) in [4.78, 5) is 66.3. The van der Waals surface area contributed by atoms with Gasteiger partial charge < -0.3 is 29.6 Å². The molecule has 1 heterocycles. The van der Waals surface area contributed by atoms with Crippen LogP contribution in [0.3, 0.4) is 0 Å². The van der Waals surface area contributed by atoms with Crippen LogP contribution < -0.4 is 29.7 Å². The molecule has 0 aromatic heterocycles. The Hall–Kier alpha value is -6.08. The Labute approximate surface area is 292 Å². The smallest absolute Gasteiger partial charge is 0.337 e. The fourth-order valence-electron chi connectivity index (χ4n) is 5.11. The van der Waals surface area contributed by atoms with E-state index in [9.17, 15) is 24.0 Å². The van der Waals surface area contributed by atoms with Crippen molar-refractivity contribution in [1.82, 2.24) is 5.32 Å². The zero-order chi connectivity index (χ0) is 35.8. The summed E-state index contributed by atoms with van der Waals surface area (Å²) in [5.41, 5.74) is 1.88. The number of imide groups is 1. The van der Waals surface area contributed by atoms with Crippen LogP contribution in [-0.2, 0) is 19.1 Å². The zero-order valence-electron chi connectivity index (χ0n) is 27.6. The van der Waals surface area contributed by atoms with Crippen LogP contribution >= 0.6 is 11.8 Å². The SMILES string of the molecule is COC(=O)c1ccc(N2C(=O)CC(Sc3ccc(NC(=O)/C(=C/c4cc(OC)c(OC)c(OC)c4)NC(=O)c4ccccc4)cc3)C2=O)cc1. The normalized spacial score (nSPS) is 14.2. The molecular formula is C37H33N3O9S. The number of thioether (sulfide) groups is 1. The highest BCUT2D eigenvalue weighted by Gasteiger charge is 2.40.